The fourth-order valence-electron chi connectivity index (χ4n) is 2.27. The van der Waals surface area contributed by atoms with E-state index in [9.17, 15) is 0 Å². The second kappa shape index (κ2) is 6.78. The molecular weight excluding hydrogens is 334 g/mol. The van der Waals surface area contributed by atoms with E-state index in [1.165, 1.54) is 0 Å². The van der Waals surface area contributed by atoms with Crippen molar-refractivity contribution in [3.8, 4) is 16.4 Å². The lowest BCUT2D eigenvalue weighted by Crippen LogP contribution is -2.05. The Hall–Kier alpha value is -3.13. The minimum Gasteiger partial charge on any atom is -0.362 e. The molecule has 0 aliphatic rings. The first-order valence-electron chi connectivity index (χ1n) is 7.76. The molecule has 25 heavy (non-hydrogen) atoms. The van der Waals surface area contributed by atoms with E-state index in [0.29, 0.717) is 18.2 Å². The van der Waals surface area contributed by atoms with Gasteiger partial charge >= 0.3 is 0 Å². The summed E-state index contributed by atoms with van der Waals surface area (Å²) >= 11 is 1.56. The van der Waals surface area contributed by atoms with Gasteiger partial charge in [0.05, 0.1) is 12.2 Å². The maximum absolute atomic E-state index is 4.31. The molecule has 0 unspecified atom stereocenters. The third kappa shape index (κ3) is 3.53. The molecule has 0 bridgehead atoms. The van der Waals surface area contributed by atoms with Crippen molar-refractivity contribution in [3.05, 3.63) is 65.4 Å². The van der Waals surface area contributed by atoms with Crippen molar-refractivity contribution in [3.63, 3.8) is 0 Å². The summed E-state index contributed by atoms with van der Waals surface area (Å²) in [6.07, 6.45) is 1.86. The molecule has 124 valence electrons. The highest BCUT2D eigenvalue weighted by Crippen LogP contribution is 2.23. The highest BCUT2D eigenvalue weighted by Gasteiger charge is 2.07. The summed E-state index contributed by atoms with van der Waals surface area (Å²) in [4.78, 5) is 0. The summed E-state index contributed by atoms with van der Waals surface area (Å²) in [5.74, 6) is 1.37. The highest BCUT2D eigenvalue weighted by atomic mass is 32.1. The number of anilines is 1. The minimum absolute atomic E-state index is 0.555. The van der Waals surface area contributed by atoms with Crippen molar-refractivity contribution in [2.24, 2.45) is 0 Å². The standard InChI is InChI=1S/C17H15N7S/c1-12-9-10-24(23-12)15-8-7-14(19-20-15)18-11-16-21-22-17(25-16)13-5-3-2-4-6-13/h2-10H,11H2,1H3,(H,18,19). The topological polar surface area (TPSA) is 81.4 Å². The molecule has 7 nitrogen and oxygen atoms in total. The number of hydrogen-bond acceptors (Lipinski definition) is 7. The smallest absolute Gasteiger partial charge is 0.175 e. The molecule has 3 aromatic heterocycles. The Morgan fingerprint density at radius 1 is 0.960 bits per heavy atom. The second-order valence-electron chi connectivity index (χ2n) is 5.40. The van der Waals surface area contributed by atoms with Gasteiger partial charge in [0.15, 0.2) is 5.82 Å². The predicted octanol–water partition coefficient (Wildman–Crippen LogP) is 3.10. The number of nitrogens with one attached hydrogen (secondary N) is 1. The second-order valence-corrected chi connectivity index (χ2v) is 6.46. The van der Waals surface area contributed by atoms with Gasteiger partial charge in [-0.1, -0.05) is 41.7 Å². The quantitative estimate of drug-likeness (QED) is 0.596. The van der Waals surface area contributed by atoms with Crippen molar-refractivity contribution < 1.29 is 0 Å². The van der Waals surface area contributed by atoms with Crippen LogP contribution in [0.2, 0.25) is 0 Å². The van der Waals surface area contributed by atoms with E-state index < -0.39 is 0 Å². The average molecular weight is 349 g/mol. The van der Waals surface area contributed by atoms with Crippen molar-refractivity contribution in [2.75, 3.05) is 5.32 Å². The first kappa shape index (κ1) is 15.4. The highest BCUT2D eigenvalue weighted by molar-refractivity contribution is 7.14. The summed E-state index contributed by atoms with van der Waals surface area (Å²) in [5.41, 5.74) is 2.01. The van der Waals surface area contributed by atoms with Crippen LogP contribution in [0.3, 0.4) is 0 Å². The summed E-state index contributed by atoms with van der Waals surface area (Å²) in [7, 11) is 0. The first-order valence-corrected chi connectivity index (χ1v) is 8.58. The largest absolute Gasteiger partial charge is 0.362 e. The number of aryl methyl sites for hydroxylation is 1. The third-order valence-electron chi connectivity index (χ3n) is 3.52. The fraction of sp³-hybridized carbons (Fsp3) is 0.118. The van der Waals surface area contributed by atoms with Crippen molar-refractivity contribution >= 4 is 17.2 Å². The van der Waals surface area contributed by atoms with Crippen LogP contribution in [0.5, 0.6) is 0 Å². The zero-order chi connectivity index (χ0) is 17.1. The van der Waals surface area contributed by atoms with Crippen LogP contribution in [0, 0.1) is 6.92 Å². The van der Waals surface area contributed by atoms with Gasteiger partial charge in [0, 0.05) is 11.8 Å². The van der Waals surface area contributed by atoms with Crippen molar-refractivity contribution in [2.45, 2.75) is 13.5 Å². The van der Waals surface area contributed by atoms with E-state index in [1.807, 2.05) is 61.7 Å². The van der Waals surface area contributed by atoms with Crippen LogP contribution < -0.4 is 5.32 Å². The molecule has 0 atom stereocenters. The van der Waals surface area contributed by atoms with Gasteiger partial charge in [-0.3, -0.25) is 0 Å². The van der Waals surface area contributed by atoms with E-state index >= 15 is 0 Å². The lowest BCUT2D eigenvalue weighted by Gasteiger charge is -2.03. The van der Waals surface area contributed by atoms with E-state index in [-0.39, 0.29) is 0 Å². The molecule has 1 N–H and O–H groups in total. The van der Waals surface area contributed by atoms with Crippen LogP contribution in [0.25, 0.3) is 16.4 Å². The van der Waals surface area contributed by atoms with E-state index in [2.05, 4.69) is 30.8 Å². The monoisotopic (exact) mass is 349 g/mol. The van der Waals surface area contributed by atoms with E-state index in [0.717, 1.165) is 21.3 Å². The van der Waals surface area contributed by atoms with Crippen molar-refractivity contribution in [1.82, 2.24) is 30.2 Å². The molecule has 0 amide bonds. The molecule has 4 rings (SSSR count). The third-order valence-corrected chi connectivity index (χ3v) is 4.49. The van der Waals surface area contributed by atoms with Gasteiger partial charge in [0.1, 0.15) is 15.8 Å². The number of nitrogens with zero attached hydrogens (tertiary/aromatic N) is 6. The molecule has 8 heteroatoms. The Balaban J connectivity index is 1.41. The summed E-state index contributed by atoms with van der Waals surface area (Å²) in [6, 6.07) is 15.7. The predicted molar refractivity (Wildman–Crippen MR) is 96.6 cm³/mol. The summed E-state index contributed by atoms with van der Waals surface area (Å²) in [6.45, 7) is 2.49. The molecule has 0 fully saturated rings. The van der Waals surface area contributed by atoms with Crippen LogP contribution in [-0.4, -0.2) is 30.2 Å². The van der Waals surface area contributed by atoms with E-state index in [4.69, 9.17) is 0 Å². The van der Waals surface area contributed by atoms with Gasteiger partial charge in [-0.2, -0.15) is 5.10 Å². The molecule has 4 aromatic rings. The molecule has 0 saturated carbocycles. The lowest BCUT2D eigenvalue weighted by atomic mass is 10.2. The molecule has 0 saturated heterocycles. The SMILES string of the molecule is Cc1ccn(-c2ccc(NCc3nnc(-c4ccccc4)s3)nn2)n1. The normalized spacial score (nSPS) is 10.8. The summed E-state index contributed by atoms with van der Waals surface area (Å²) in [5, 5.41) is 26.1. The van der Waals surface area contributed by atoms with Crippen molar-refractivity contribution in [1.29, 1.82) is 0 Å². The van der Waals surface area contributed by atoms with Gasteiger partial charge < -0.3 is 5.32 Å². The molecule has 0 aliphatic carbocycles. The summed E-state index contributed by atoms with van der Waals surface area (Å²) < 4.78 is 1.70. The number of hydrogen-bond donors (Lipinski definition) is 1. The van der Waals surface area contributed by atoms with Crippen LogP contribution in [0.4, 0.5) is 5.82 Å². The number of benzene rings is 1. The number of rotatable bonds is 5. The first-order chi connectivity index (χ1) is 12.3. The zero-order valence-electron chi connectivity index (χ0n) is 13.5. The molecule has 3 heterocycles. The fourth-order valence-corrected chi connectivity index (χ4v) is 3.06. The van der Waals surface area contributed by atoms with Gasteiger partial charge in [-0.05, 0) is 25.1 Å². The van der Waals surface area contributed by atoms with Crippen LogP contribution in [0.1, 0.15) is 10.7 Å². The van der Waals surface area contributed by atoms with Crippen LogP contribution in [0.15, 0.2) is 54.7 Å². The van der Waals surface area contributed by atoms with Crippen LogP contribution in [-0.2, 0) is 6.54 Å². The van der Waals surface area contributed by atoms with Gasteiger partial charge in [0.25, 0.3) is 0 Å². The van der Waals surface area contributed by atoms with Gasteiger partial charge in [-0.25, -0.2) is 4.68 Å². The Morgan fingerprint density at radius 3 is 2.56 bits per heavy atom. The van der Waals surface area contributed by atoms with Crippen LogP contribution >= 0.6 is 11.3 Å². The van der Waals surface area contributed by atoms with E-state index in [1.54, 1.807) is 16.0 Å². The van der Waals surface area contributed by atoms with Gasteiger partial charge in [0.2, 0.25) is 0 Å². The Kier molecular flexibility index (Phi) is 4.17. The lowest BCUT2D eigenvalue weighted by molar-refractivity contribution is 0.803. The average Bonchev–Trinajstić information content (AvgIpc) is 3.30. The minimum atomic E-state index is 0.555. The molecule has 1 aromatic carbocycles. The molecule has 0 radical (unpaired) electrons. The Bertz CT molecular complexity index is 960. The maximum atomic E-state index is 4.31. The van der Waals surface area contributed by atoms with Gasteiger partial charge in [-0.15, -0.1) is 20.4 Å². The zero-order valence-corrected chi connectivity index (χ0v) is 14.3. The maximum Gasteiger partial charge on any atom is 0.175 e. The molecular formula is C17H15N7S. The Labute approximate surface area is 148 Å². The molecule has 0 aliphatic heterocycles. The Morgan fingerprint density at radius 2 is 1.84 bits per heavy atom. The molecule has 0 spiro atoms. The number of aromatic nitrogens is 6.